The molecule has 3 rings (SSSR count). The molecule has 2 heterocycles. The van der Waals surface area contributed by atoms with Crippen LogP contribution in [0.15, 0.2) is 52.4 Å². The lowest BCUT2D eigenvalue weighted by Crippen LogP contribution is -2.16. The number of nitrogens with two attached hydrogens (primary N) is 1. The summed E-state index contributed by atoms with van der Waals surface area (Å²) < 4.78 is 2.00. The van der Waals surface area contributed by atoms with Gasteiger partial charge >= 0.3 is 0 Å². The highest BCUT2D eigenvalue weighted by molar-refractivity contribution is 8.00. The third-order valence-electron chi connectivity index (χ3n) is 3.14. The van der Waals surface area contributed by atoms with Crippen LogP contribution in [0.25, 0.3) is 0 Å². The molecule has 1 aromatic heterocycles. The molecular weight excluding hydrogens is 244 g/mol. The van der Waals surface area contributed by atoms with Crippen LogP contribution in [-0.2, 0) is 13.0 Å². The fraction of sp³-hybridized carbons (Fsp3) is 0.214. The molecule has 1 aromatic carbocycles. The third-order valence-corrected chi connectivity index (χ3v) is 4.44. The van der Waals surface area contributed by atoms with E-state index in [9.17, 15) is 4.79 Å². The second-order valence-corrected chi connectivity index (χ2v) is 5.86. The van der Waals surface area contributed by atoms with Crippen molar-refractivity contribution >= 4 is 17.4 Å². The van der Waals surface area contributed by atoms with E-state index in [0.717, 1.165) is 13.0 Å². The monoisotopic (exact) mass is 258 g/mol. The summed E-state index contributed by atoms with van der Waals surface area (Å²) >= 11 is 1.90. The van der Waals surface area contributed by atoms with Crippen molar-refractivity contribution in [2.24, 2.45) is 0 Å². The molecule has 0 radical (unpaired) electrons. The van der Waals surface area contributed by atoms with Crippen LogP contribution < -0.4 is 11.2 Å². The predicted octanol–water partition coefficient (Wildman–Crippen LogP) is 2.15. The van der Waals surface area contributed by atoms with E-state index < -0.39 is 0 Å². The molecule has 2 N–H and O–H groups in total. The molecule has 0 amide bonds. The number of nitrogen functional groups attached to an aromatic ring is 1. The highest BCUT2D eigenvalue weighted by atomic mass is 32.2. The largest absolute Gasteiger partial charge is 0.394 e. The minimum atomic E-state index is -0.103. The molecule has 1 atom stereocenters. The first kappa shape index (κ1) is 11.4. The zero-order valence-corrected chi connectivity index (χ0v) is 10.7. The lowest BCUT2D eigenvalue weighted by molar-refractivity contribution is 0.660. The Kier molecular flexibility index (Phi) is 2.88. The Morgan fingerprint density at radius 3 is 2.94 bits per heavy atom. The Morgan fingerprint density at radius 1 is 1.33 bits per heavy atom. The van der Waals surface area contributed by atoms with Crippen LogP contribution in [0, 0.1) is 0 Å². The Bertz CT molecular complexity index is 611. The Labute approximate surface area is 110 Å². The van der Waals surface area contributed by atoms with Gasteiger partial charge in [-0.05, 0) is 18.1 Å². The van der Waals surface area contributed by atoms with E-state index in [-0.39, 0.29) is 5.43 Å². The molecule has 0 bridgehead atoms. The minimum absolute atomic E-state index is 0.103. The second-order valence-electron chi connectivity index (χ2n) is 4.51. The summed E-state index contributed by atoms with van der Waals surface area (Å²) in [6.07, 6.45) is 4.61. The average molecular weight is 258 g/mol. The van der Waals surface area contributed by atoms with Crippen LogP contribution in [0.4, 0.5) is 5.69 Å². The van der Waals surface area contributed by atoms with Gasteiger partial charge in [-0.25, -0.2) is 0 Å². The van der Waals surface area contributed by atoms with Gasteiger partial charge in [0.25, 0.3) is 0 Å². The minimum Gasteiger partial charge on any atom is -0.394 e. The summed E-state index contributed by atoms with van der Waals surface area (Å²) in [7, 11) is 0. The molecule has 2 aromatic rings. The van der Waals surface area contributed by atoms with Crippen molar-refractivity contribution < 1.29 is 0 Å². The van der Waals surface area contributed by atoms with E-state index in [1.165, 1.54) is 16.5 Å². The number of anilines is 1. The number of nitrogens with zero attached hydrogens (tertiary/aromatic N) is 1. The van der Waals surface area contributed by atoms with E-state index >= 15 is 0 Å². The molecule has 0 spiro atoms. The SMILES string of the molecule is Nc1cn(CC2Cc3ccccc3S2)ccc1=O. The van der Waals surface area contributed by atoms with Gasteiger partial charge in [0.1, 0.15) is 0 Å². The van der Waals surface area contributed by atoms with Gasteiger partial charge in [-0.1, -0.05) is 18.2 Å². The number of benzene rings is 1. The zero-order chi connectivity index (χ0) is 12.5. The maximum absolute atomic E-state index is 11.2. The molecule has 0 aliphatic carbocycles. The molecule has 3 nitrogen and oxygen atoms in total. The number of rotatable bonds is 2. The van der Waals surface area contributed by atoms with Crippen LogP contribution in [0.2, 0.25) is 0 Å². The normalized spacial score (nSPS) is 17.7. The van der Waals surface area contributed by atoms with Crippen molar-refractivity contribution in [2.45, 2.75) is 23.1 Å². The Hall–Kier alpha value is -1.68. The van der Waals surface area contributed by atoms with Gasteiger partial charge < -0.3 is 10.3 Å². The quantitative estimate of drug-likeness (QED) is 0.898. The van der Waals surface area contributed by atoms with Gasteiger partial charge in [0.2, 0.25) is 5.43 Å². The summed E-state index contributed by atoms with van der Waals surface area (Å²) in [4.78, 5) is 12.6. The van der Waals surface area contributed by atoms with Crippen molar-refractivity contribution in [2.75, 3.05) is 5.73 Å². The first-order valence-electron chi connectivity index (χ1n) is 5.92. The van der Waals surface area contributed by atoms with E-state index in [1.807, 2.05) is 22.5 Å². The predicted molar refractivity (Wildman–Crippen MR) is 74.9 cm³/mol. The van der Waals surface area contributed by atoms with Crippen LogP contribution in [0.3, 0.4) is 0 Å². The number of aromatic nitrogens is 1. The average Bonchev–Trinajstić information content (AvgIpc) is 2.76. The number of hydrogen-bond acceptors (Lipinski definition) is 3. The first-order valence-corrected chi connectivity index (χ1v) is 6.80. The lowest BCUT2D eigenvalue weighted by Gasteiger charge is -2.12. The highest BCUT2D eigenvalue weighted by Crippen LogP contribution is 2.37. The summed E-state index contributed by atoms with van der Waals surface area (Å²) in [6.45, 7) is 0.879. The van der Waals surface area contributed by atoms with Crippen LogP contribution >= 0.6 is 11.8 Å². The van der Waals surface area contributed by atoms with Crippen molar-refractivity contribution in [3.63, 3.8) is 0 Å². The fourth-order valence-electron chi connectivity index (χ4n) is 2.25. The van der Waals surface area contributed by atoms with Crippen LogP contribution in [0.5, 0.6) is 0 Å². The van der Waals surface area contributed by atoms with Gasteiger partial charge in [-0.3, -0.25) is 4.79 Å². The topological polar surface area (TPSA) is 48.0 Å². The van der Waals surface area contributed by atoms with Gasteiger partial charge in [-0.15, -0.1) is 11.8 Å². The fourth-order valence-corrected chi connectivity index (χ4v) is 3.58. The number of fused-ring (bicyclic) bond motifs is 1. The maximum atomic E-state index is 11.2. The molecular formula is C14H14N2OS. The van der Waals surface area contributed by atoms with Crippen molar-refractivity contribution in [3.8, 4) is 0 Å². The number of pyridine rings is 1. The summed E-state index contributed by atoms with van der Waals surface area (Å²) in [6, 6.07) is 10.0. The molecule has 18 heavy (non-hydrogen) atoms. The van der Waals surface area contributed by atoms with Gasteiger partial charge in [0.05, 0.1) is 5.69 Å². The van der Waals surface area contributed by atoms with Gasteiger partial charge in [0.15, 0.2) is 0 Å². The van der Waals surface area contributed by atoms with E-state index in [0.29, 0.717) is 10.9 Å². The first-order chi connectivity index (χ1) is 8.72. The summed E-state index contributed by atoms with van der Waals surface area (Å²) in [5, 5.41) is 0.518. The summed E-state index contributed by atoms with van der Waals surface area (Å²) in [5.41, 5.74) is 7.27. The van der Waals surface area contributed by atoms with Crippen LogP contribution in [0.1, 0.15) is 5.56 Å². The molecule has 1 aliphatic heterocycles. The van der Waals surface area contributed by atoms with Gasteiger partial charge in [-0.2, -0.15) is 0 Å². The molecule has 4 heteroatoms. The molecule has 1 aliphatic rings. The standard InChI is InChI=1S/C14H14N2OS/c15-12-9-16(6-5-13(12)17)8-11-7-10-3-1-2-4-14(10)18-11/h1-6,9,11H,7-8,15H2. The molecule has 1 unspecified atom stereocenters. The Balaban J connectivity index is 1.76. The van der Waals surface area contributed by atoms with Crippen molar-refractivity contribution in [3.05, 3.63) is 58.5 Å². The molecule has 92 valence electrons. The smallest absolute Gasteiger partial charge is 0.204 e. The van der Waals surface area contributed by atoms with Gasteiger partial charge in [0, 0.05) is 35.2 Å². The van der Waals surface area contributed by atoms with Crippen LogP contribution in [-0.4, -0.2) is 9.82 Å². The Morgan fingerprint density at radius 2 is 2.17 bits per heavy atom. The van der Waals surface area contributed by atoms with E-state index in [1.54, 1.807) is 6.20 Å². The third kappa shape index (κ3) is 2.16. The number of hydrogen-bond donors (Lipinski definition) is 1. The molecule has 0 saturated carbocycles. The highest BCUT2D eigenvalue weighted by Gasteiger charge is 2.21. The van der Waals surface area contributed by atoms with Crippen molar-refractivity contribution in [1.29, 1.82) is 0 Å². The zero-order valence-electron chi connectivity index (χ0n) is 9.87. The van der Waals surface area contributed by atoms with Crippen molar-refractivity contribution in [1.82, 2.24) is 4.57 Å². The molecule has 0 saturated heterocycles. The number of thioether (sulfide) groups is 1. The van der Waals surface area contributed by atoms with E-state index in [2.05, 4.69) is 24.3 Å². The summed E-state index contributed by atoms with van der Waals surface area (Å²) in [5.74, 6) is 0. The maximum Gasteiger partial charge on any atom is 0.204 e. The van der Waals surface area contributed by atoms with E-state index in [4.69, 9.17) is 5.73 Å². The lowest BCUT2D eigenvalue weighted by atomic mass is 10.1. The second kappa shape index (κ2) is 4.53. The molecule has 0 fully saturated rings.